The minimum Gasteiger partial charge on any atom is -0.326 e. The lowest BCUT2D eigenvalue weighted by atomic mass is 9.77. The zero-order valence-corrected chi connectivity index (χ0v) is 9.15. The van der Waals surface area contributed by atoms with Gasteiger partial charge in [-0.15, -0.1) is 0 Å². The van der Waals surface area contributed by atoms with Crippen LogP contribution in [0.2, 0.25) is 0 Å². The van der Waals surface area contributed by atoms with E-state index in [0.29, 0.717) is 17.7 Å². The first-order valence-corrected chi connectivity index (χ1v) is 5.00. The molecule has 0 fully saturated rings. The molecule has 15 heavy (non-hydrogen) atoms. The Morgan fingerprint density at radius 3 is 2.73 bits per heavy atom. The first-order valence-electron chi connectivity index (χ1n) is 5.00. The van der Waals surface area contributed by atoms with E-state index in [4.69, 9.17) is 0 Å². The van der Waals surface area contributed by atoms with Crippen LogP contribution in [-0.4, -0.2) is 5.91 Å². The Bertz CT molecular complexity index is 437. The van der Waals surface area contributed by atoms with Crippen molar-refractivity contribution in [3.63, 3.8) is 0 Å². The average Bonchev–Trinajstić information content (AvgIpc) is 2.07. The number of amides is 1. The summed E-state index contributed by atoms with van der Waals surface area (Å²) >= 11 is 0. The van der Waals surface area contributed by atoms with E-state index < -0.39 is 0 Å². The van der Waals surface area contributed by atoms with Gasteiger partial charge in [0.2, 0.25) is 5.91 Å². The first kappa shape index (κ1) is 10.1. The van der Waals surface area contributed by atoms with Crippen molar-refractivity contribution in [2.75, 3.05) is 5.32 Å². The molecule has 2 rings (SSSR count). The van der Waals surface area contributed by atoms with Crippen molar-refractivity contribution in [2.45, 2.75) is 32.6 Å². The Balaban J connectivity index is 2.62. The Hall–Kier alpha value is -1.38. The molecule has 3 heteroatoms. The summed E-state index contributed by atoms with van der Waals surface area (Å²) in [5, 5.41) is 2.70. The van der Waals surface area contributed by atoms with Gasteiger partial charge in [0.15, 0.2) is 0 Å². The predicted octanol–water partition coefficient (Wildman–Crippen LogP) is 2.75. The van der Waals surface area contributed by atoms with Gasteiger partial charge in [0.1, 0.15) is 5.82 Å². The number of carbonyl (C=O) groups is 1. The molecule has 0 unspecified atom stereocenters. The summed E-state index contributed by atoms with van der Waals surface area (Å²) in [7, 11) is 0. The lowest BCUT2D eigenvalue weighted by molar-refractivity contribution is -0.117. The number of anilines is 1. The van der Waals surface area contributed by atoms with Gasteiger partial charge in [-0.05, 0) is 24.1 Å². The molecule has 0 aromatic heterocycles. The summed E-state index contributed by atoms with van der Waals surface area (Å²) in [4.78, 5) is 11.4. The lowest BCUT2D eigenvalue weighted by Crippen LogP contribution is -2.32. The second-order valence-electron chi connectivity index (χ2n) is 4.76. The molecule has 0 saturated heterocycles. The van der Waals surface area contributed by atoms with Crippen LogP contribution in [0.3, 0.4) is 0 Å². The van der Waals surface area contributed by atoms with E-state index in [1.54, 1.807) is 6.92 Å². The van der Waals surface area contributed by atoms with Crippen LogP contribution in [0.25, 0.3) is 0 Å². The van der Waals surface area contributed by atoms with Crippen LogP contribution in [0.15, 0.2) is 12.1 Å². The highest BCUT2D eigenvalue weighted by molar-refractivity contribution is 5.95. The molecule has 0 radical (unpaired) electrons. The third kappa shape index (κ3) is 1.62. The number of rotatable bonds is 0. The molecule has 1 aromatic carbocycles. The number of hydrogen-bond acceptors (Lipinski definition) is 1. The molecule has 0 saturated carbocycles. The molecule has 0 aliphatic carbocycles. The van der Waals surface area contributed by atoms with Gasteiger partial charge in [0.05, 0.1) is 0 Å². The van der Waals surface area contributed by atoms with Crippen LogP contribution in [0.4, 0.5) is 10.1 Å². The second-order valence-corrected chi connectivity index (χ2v) is 4.76. The molecule has 0 spiro atoms. The third-order valence-corrected chi connectivity index (χ3v) is 2.90. The Labute approximate surface area is 88.5 Å². The fourth-order valence-corrected chi connectivity index (χ4v) is 2.04. The molecule has 1 N–H and O–H groups in total. The van der Waals surface area contributed by atoms with Gasteiger partial charge in [-0.1, -0.05) is 19.9 Å². The average molecular weight is 207 g/mol. The van der Waals surface area contributed by atoms with Crippen molar-refractivity contribution >= 4 is 11.6 Å². The van der Waals surface area contributed by atoms with Crippen LogP contribution in [0.5, 0.6) is 0 Å². The third-order valence-electron chi connectivity index (χ3n) is 2.90. The summed E-state index contributed by atoms with van der Waals surface area (Å²) in [5.74, 6) is -0.317. The highest BCUT2D eigenvalue weighted by Gasteiger charge is 2.32. The highest BCUT2D eigenvalue weighted by Crippen LogP contribution is 2.38. The molecular formula is C12H14FNO. The van der Waals surface area contributed by atoms with Gasteiger partial charge >= 0.3 is 0 Å². The molecule has 0 atom stereocenters. The van der Waals surface area contributed by atoms with Crippen molar-refractivity contribution < 1.29 is 9.18 Å². The number of halogens is 1. The number of aryl methyl sites for hydroxylation is 1. The summed E-state index contributed by atoms with van der Waals surface area (Å²) in [6, 6.07) is 3.23. The lowest BCUT2D eigenvalue weighted by Gasteiger charge is -2.32. The maximum Gasteiger partial charge on any atom is 0.225 e. The fourth-order valence-electron chi connectivity index (χ4n) is 2.04. The second kappa shape index (κ2) is 3.05. The summed E-state index contributed by atoms with van der Waals surface area (Å²) in [6.07, 6.45) is 0.449. The Morgan fingerprint density at radius 1 is 1.40 bits per heavy atom. The summed E-state index contributed by atoms with van der Waals surface area (Å²) < 4.78 is 13.3. The van der Waals surface area contributed by atoms with E-state index in [2.05, 4.69) is 5.32 Å². The zero-order chi connectivity index (χ0) is 11.2. The van der Waals surface area contributed by atoms with E-state index in [0.717, 1.165) is 5.56 Å². The largest absolute Gasteiger partial charge is 0.326 e. The summed E-state index contributed by atoms with van der Waals surface area (Å²) in [5.41, 5.74) is 2.04. The van der Waals surface area contributed by atoms with Crippen molar-refractivity contribution in [3.8, 4) is 0 Å². The quantitative estimate of drug-likeness (QED) is 0.696. The van der Waals surface area contributed by atoms with E-state index in [1.807, 2.05) is 19.9 Å². The van der Waals surface area contributed by atoms with E-state index >= 15 is 0 Å². The smallest absolute Gasteiger partial charge is 0.225 e. The van der Waals surface area contributed by atoms with Crippen LogP contribution >= 0.6 is 0 Å². The SMILES string of the molecule is Cc1cc2c(cc1F)NC(=O)CC2(C)C. The van der Waals surface area contributed by atoms with Crippen LogP contribution in [-0.2, 0) is 10.2 Å². The molecule has 1 aromatic rings. The maximum atomic E-state index is 13.3. The van der Waals surface area contributed by atoms with Gasteiger partial charge < -0.3 is 5.32 Å². The molecule has 0 bridgehead atoms. The Morgan fingerprint density at radius 2 is 2.07 bits per heavy atom. The summed E-state index contributed by atoms with van der Waals surface area (Å²) in [6.45, 7) is 5.74. The number of fused-ring (bicyclic) bond motifs is 1. The van der Waals surface area contributed by atoms with E-state index in [-0.39, 0.29) is 17.1 Å². The molecule has 1 amide bonds. The van der Waals surface area contributed by atoms with Gasteiger partial charge in [0, 0.05) is 17.5 Å². The molecule has 2 nitrogen and oxygen atoms in total. The van der Waals surface area contributed by atoms with Crippen LogP contribution in [0, 0.1) is 12.7 Å². The molecule has 80 valence electrons. The number of nitrogens with one attached hydrogen (secondary N) is 1. The van der Waals surface area contributed by atoms with Crippen molar-refractivity contribution in [1.82, 2.24) is 0 Å². The van der Waals surface area contributed by atoms with Crippen LogP contribution < -0.4 is 5.32 Å². The van der Waals surface area contributed by atoms with Gasteiger partial charge in [-0.25, -0.2) is 4.39 Å². The predicted molar refractivity (Wildman–Crippen MR) is 57.4 cm³/mol. The van der Waals surface area contributed by atoms with Crippen molar-refractivity contribution in [2.24, 2.45) is 0 Å². The molecule has 1 aliphatic rings. The van der Waals surface area contributed by atoms with Gasteiger partial charge in [0.25, 0.3) is 0 Å². The van der Waals surface area contributed by atoms with Gasteiger partial charge in [-0.3, -0.25) is 4.79 Å². The Kier molecular flexibility index (Phi) is 2.07. The first-order chi connectivity index (χ1) is 6.90. The number of carbonyl (C=O) groups excluding carboxylic acids is 1. The normalized spacial score (nSPS) is 18.3. The topological polar surface area (TPSA) is 29.1 Å². The molecular weight excluding hydrogens is 193 g/mol. The van der Waals surface area contributed by atoms with E-state index in [1.165, 1.54) is 6.07 Å². The van der Waals surface area contributed by atoms with Crippen molar-refractivity contribution in [1.29, 1.82) is 0 Å². The maximum absolute atomic E-state index is 13.3. The monoisotopic (exact) mass is 207 g/mol. The molecule has 1 aliphatic heterocycles. The number of benzene rings is 1. The minimum atomic E-state index is -0.272. The molecule has 1 heterocycles. The highest BCUT2D eigenvalue weighted by atomic mass is 19.1. The number of hydrogen-bond donors (Lipinski definition) is 1. The standard InChI is InChI=1S/C12H14FNO/c1-7-4-8-10(5-9(7)13)14-11(15)6-12(8,2)3/h4-5H,6H2,1-3H3,(H,14,15). The minimum absolute atomic E-state index is 0.0456. The van der Waals surface area contributed by atoms with Crippen molar-refractivity contribution in [3.05, 3.63) is 29.1 Å². The van der Waals surface area contributed by atoms with E-state index in [9.17, 15) is 9.18 Å². The fraction of sp³-hybridized carbons (Fsp3) is 0.417. The zero-order valence-electron chi connectivity index (χ0n) is 9.15. The van der Waals surface area contributed by atoms with Crippen LogP contribution in [0.1, 0.15) is 31.4 Å². The van der Waals surface area contributed by atoms with Gasteiger partial charge in [-0.2, -0.15) is 0 Å².